The van der Waals surface area contributed by atoms with Crippen molar-refractivity contribution in [3.8, 4) is 0 Å². The minimum Gasteiger partial charge on any atom is -0.466 e. The van der Waals surface area contributed by atoms with Gasteiger partial charge in [0.05, 0.1) is 17.9 Å². The number of hydrogen-bond donors (Lipinski definition) is 2. The maximum absolute atomic E-state index is 12.3. The van der Waals surface area contributed by atoms with Crippen LogP contribution in [0.5, 0.6) is 0 Å². The van der Waals surface area contributed by atoms with Gasteiger partial charge in [0.25, 0.3) is 5.91 Å². The minimum atomic E-state index is -0.597. The highest BCUT2D eigenvalue weighted by Gasteiger charge is 2.14. The van der Waals surface area contributed by atoms with Gasteiger partial charge in [0.15, 0.2) is 6.61 Å². The van der Waals surface area contributed by atoms with E-state index in [0.717, 1.165) is 5.69 Å². The van der Waals surface area contributed by atoms with E-state index in [4.69, 9.17) is 9.47 Å². The second-order valence-electron chi connectivity index (χ2n) is 5.87. The van der Waals surface area contributed by atoms with Gasteiger partial charge < -0.3 is 20.1 Å². The number of carbonyl (C=O) groups excluding carboxylic acids is 3. The summed E-state index contributed by atoms with van der Waals surface area (Å²) in [6.07, 6.45) is 0.689. The minimum absolute atomic E-state index is 0.229. The molecule has 7 heteroatoms. The number of benzene rings is 2. The molecule has 0 fully saturated rings. The van der Waals surface area contributed by atoms with Crippen LogP contribution in [0.2, 0.25) is 0 Å². The van der Waals surface area contributed by atoms with Crippen LogP contribution in [0.15, 0.2) is 54.6 Å². The third-order valence-corrected chi connectivity index (χ3v) is 3.72. The van der Waals surface area contributed by atoms with Gasteiger partial charge in [-0.15, -0.1) is 0 Å². The van der Waals surface area contributed by atoms with Crippen molar-refractivity contribution in [2.24, 2.45) is 0 Å². The number of carbonyl (C=O) groups is 3. The molecule has 2 aromatic carbocycles. The number of ether oxygens (including phenoxy) is 2. The highest BCUT2D eigenvalue weighted by molar-refractivity contribution is 5.97. The first-order valence-electron chi connectivity index (χ1n) is 9.10. The Balaban J connectivity index is 1.80. The van der Waals surface area contributed by atoms with E-state index in [2.05, 4.69) is 10.6 Å². The van der Waals surface area contributed by atoms with E-state index in [9.17, 15) is 14.4 Å². The Bertz CT molecular complexity index is 792. The molecular formula is C21H24N2O5. The third kappa shape index (κ3) is 7.11. The zero-order chi connectivity index (χ0) is 20.2. The van der Waals surface area contributed by atoms with Gasteiger partial charge in [-0.3, -0.25) is 9.59 Å². The number of amides is 1. The average Bonchev–Trinajstić information content (AvgIpc) is 2.71. The molecule has 28 heavy (non-hydrogen) atoms. The van der Waals surface area contributed by atoms with Crippen molar-refractivity contribution < 1.29 is 23.9 Å². The lowest BCUT2D eigenvalue weighted by molar-refractivity contribution is -0.143. The molecule has 0 atom stereocenters. The molecule has 0 saturated carbocycles. The van der Waals surface area contributed by atoms with E-state index >= 15 is 0 Å². The molecule has 0 spiro atoms. The maximum Gasteiger partial charge on any atom is 0.340 e. The van der Waals surface area contributed by atoms with Crippen molar-refractivity contribution in [2.45, 2.75) is 19.8 Å². The maximum atomic E-state index is 12.3. The summed E-state index contributed by atoms with van der Waals surface area (Å²) in [6, 6.07) is 16.4. The zero-order valence-corrected chi connectivity index (χ0v) is 15.8. The predicted octanol–water partition coefficient (Wildman–Crippen LogP) is 3.05. The summed E-state index contributed by atoms with van der Waals surface area (Å²) < 4.78 is 9.91. The fourth-order valence-corrected chi connectivity index (χ4v) is 2.40. The van der Waals surface area contributed by atoms with Crippen molar-refractivity contribution in [3.05, 3.63) is 60.2 Å². The normalized spacial score (nSPS) is 10.0. The summed E-state index contributed by atoms with van der Waals surface area (Å²) in [7, 11) is 0. The van der Waals surface area contributed by atoms with Crippen LogP contribution in [0.25, 0.3) is 0 Å². The summed E-state index contributed by atoms with van der Waals surface area (Å²) in [5.41, 5.74) is 1.76. The molecule has 0 aliphatic rings. The fourth-order valence-electron chi connectivity index (χ4n) is 2.40. The van der Waals surface area contributed by atoms with Crippen LogP contribution in [0, 0.1) is 0 Å². The van der Waals surface area contributed by atoms with Crippen molar-refractivity contribution in [2.75, 3.05) is 25.1 Å². The number of anilines is 2. The fraction of sp³-hybridized carbons (Fsp3) is 0.286. The van der Waals surface area contributed by atoms with E-state index < -0.39 is 18.5 Å². The molecule has 0 unspecified atom stereocenters. The molecular weight excluding hydrogens is 360 g/mol. The van der Waals surface area contributed by atoms with Gasteiger partial charge >= 0.3 is 11.9 Å². The predicted molar refractivity (Wildman–Crippen MR) is 105 cm³/mol. The lowest BCUT2D eigenvalue weighted by atomic mass is 10.1. The smallest absolute Gasteiger partial charge is 0.340 e. The average molecular weight is 384 g/mol. The molecule has 7 nitrogen and oxygen atoms in total. The first-order valence-corrected chi connectivity index (χ1v) is 9.10. The number of hydrogen-bond acceptors (Lipinski definition) is 6. The highest BCUT2D eigenvalue weighted by Crippen LogP contribution is 2.21. The summed E-state index contributed by atoms with van der Waals surface area (Å²) in [6.45, 7) is 1.99. The Morgan fingerprint density at radius 1 is 0.929 bits per heavy atom. The molecule has 0 aliphatic heterocycles. The topological polar surface area (TPSA) is 93.7 Å². The molecule has 0 bridgehead atoms. The summed E-state index contributed by atoms with van der Waals surface area (Å²) in [4.78, 5) is 35.4. The van der Waals surface area contributed by atoms with Gasteiger partial charge in [-0.25, -0.2) is 4.79 Å². The van der Waals surface area contributed by atoms with Gasteiger partial charge in [-0.2, -0.15) is 0 Å². The third-order valence-electron chi connectivity index (χ3n) is 3.72. The molecule has 0 heterocycles. The summed E-state index contributed by atoms with van der Waals surface area (Å²) in [5, 5.41) is 5.76. The molecule has 2 rings (SSSR count). The Morgan fingerprint density at radius 2 is 1.64 bits per heavy atom. The summed E-state index contributed by atoms with van der Waals surface area (Å²) in [5.74, 6) is -1.32. The van der Waals surface area contributed by atoms with E-state index in [-0.39, 0.29) is 12.4 Å². The van der Waals surface area contributed by atoms with Gasteiger partial charge in [0, 0.05) is 18.7 Å². The molecule has 148 valence electrons. The van der Waals surface area contributed by atoms with Crippen LogP contribution in [0.4, 0.5) is 11.4 Å². The highest BCUT2D eigenvalue weighted by atomic mass is 16.5. The molecule has 0 aromatic heterocycles. The van der Waals surface area contributed by atoms with Gasteiger partial charge in [-0.1, -0.05) is 30.3 Å². The molecule has 0 radical (unpaired) electrons. The van der Waals surface area contributed by atoms with E-state index in [0.29, 0.717) is 30.8 Å². The zero-order valence-electron chi connectivity index (χ0n) is 15.8. The number of nitrogens with one attached hydrogen (secondary N) is 2. The van der Waals surface area contributed by atoms with Crippen LogP contribution in [0.3, 0.4) is 0 Å². The Kier molecular flexibility index (Phi) is 8.52. The monoisotopic (exact) mass is 384 g/mol. The van der Waals surface area contributed by atoms with Crippen LogP contribution in [-0.4, -0.2) is 37.6 Å². The van der Waals surface area contributed by atoms with Crippen LogP contribution in [-0.2, 0) is 19.1 Å². The SMILES string of the molecule is CCOC(=O)CCCNC(=O)COC(=O)c1ccccc1Nc1ccccc1. The molecule has 0 saturated heterocycles. The number of esters is 2. The molecule has 2 aromatic rings. The lowest BCUT2D eigenvalue weighted by Gasteiger charge is -2.12. The van der Waals surface area contributed by atoms with Crippen LogP contribution < -0.4 is 10.6 Å². The number of rotatable bonds is 10. The Labute approximate surface area is 164 Å². The standard InChI is InChI=1S/C21H24N2O5/c1-2-27-20(25)13-8-14-22-19(24)15-28-21(26)17-11-6-7-12-18(17)23-16-9-4-3-5-10-16/h3-7,9-12,23H,2,8,13-15H2,1H3,(H,22,24). The second-order valence-corrected chi connectivity index (χ2v) is 5.87. The lowest BCUT2D eigenvalue weighted by Crippen LogP contribution is -2.30. The van der Waals surface area contributed by atoms with Crippen molar-refractivity contribution >= 4 is 29.2 Å². The van der Waals surface area contributed by atoms with E-state index in [1.807, 2.05) is 30.3 Å². The Morgan fingerprint density at radius 3 is 2.39 bits per heavy atom. The molecule has 1 amide bonds. The van der Waals surface area contributed by atoms with E-state index in [1.165, 1.54) is 0 Å². The largest absolute Gasteiger partial charge is 0.466 e. The van der Waals surface area contributed by atoms with Gasteiger partial charge in [0.2, 0.25) is 0 Å². The molecule has 2 N–H and O–H groups in total. The van der Waals surface area contributed by atoms with Crippen molar-refractivity contribution in [3.63, 3.8) is 0 Å². The van der Waals surface area contributed by atoms with Crippen molar-refractivity contribution in [1.82, 2.24) is 5.32 Å². The van der Waals surface area contributed by atoms with Crippen LogP contribution in [0.1, 0.15) is 30.1 Å². The summed E-state index contributed by atoms with van der Waals surface area (Å²) >= 11 is 0. The Hall–Kier alpha value is -3.35. The molecule has 0 aliphatic carbocycles. The van der Waals surface area contributed by atoms with Gasteiger partial charge in [0.1, 0.15) is 0 Å². The first-order chi connectivity index (χ1) is 13.6. The van der Waals surface area contributed by atoms with Crippen LogP contribution >= 0.6 is 0 Å². The first kappa shape index (κ1) is 21.0. The van der Waals surface area contributed by atoms with Crippen molar-refractivity contribution in [1.29, 1.82) is 0 Å². The quantitative estimate of drug-likeness (QED) is 0.483. The second kappa shape index (κ2) is 11.4. The number of para-hydroxylation sites is 2. The van der Waals surface area contributed by atoms with E-state index in [1.54, 1.807) is 31.2 Å². The van der Waals surface area contributed by atoms with Gasteiger partial charge in [-0.05, 0) is 37.6 Å².